The summed E-state index contributed by atoms with van der Waals surface area (Å²) in [4.78, 5) is 28.5. The van der Waals surface area contributed by atoms with Crippen LogP contribution < -0.4 is 5.32 Å². The van der Waals surface area contributed by atoms with Crippen molar-refractivity contribution in [3.63, 3.8) is 0 Å². The number of carbonyl (C=O) groups is 2. The number of rotatable bonds is 4. The predicted molar refractivity (Wildman–Crippen MR) is 88.4 cm³/mol. The van der Waals surface area contributed by atoms with Gasteiger partial charge in [0.1, 0.15) is 21.2 Å². The standard InChI is InChI=1S/C17H17FN2O3S/c18-12-7-3-2-6-11(12)15-19-10-13(24-15)14(21)20-17(16(22)23)8-4-1-5-9-17/h2-3,6-7,10H,1,4-5,8-9H2,(H,20,21)(H,22,23). The maximum atomic E-state index is 13.8. The van der Waals surface area contributed by atoms with Gasteiger partial charge in [-0.3, -0.25) is 4.79 Å². The van der Waals surface area contributed by atoms with E-state index in [0.29, 0.717) is 23.4 Å². The Balaban J connectivity index is 1.81. The number of halogens is 1. The molecule has 1 aliphatic rings. The summed E-state index contributed by atoms with van der Waals surface area (Å²) < 4.78 is 13.8. The van der Waals surface area contributed by atoms with Crippen molar-refractivity contribution < 1.29 is 19.1 Å². The van der Waals surface area contributed by atoms with Crippen LogP contribution in [0.5, 0.6) is 0 Å². The van der Waals surface area contributed by atoms with Gasteiger partial charge in [0.2, 0.25) is 0 Å². The first-order valence-corrected chi connectivity index (χ1v) is 8.60. The highest BCUT2D eigenvalue weighted by molar-refractivity contribution is 7.16. The lowest BCUT2D eigenvalue weighted by atomic mass is 9.81. The molecule has 2 aromatic rings. The van der Waals surface area contributed by atoms with E-state index in [1.54, 1.807) is 18.2 Å². The molecule has 126 valence electrons. The van der Waals surface area contributed by atoms with Gasteiger partial charge in [0.15, 0.2) is 0 Å². The Bertz CT molecular complexity index is 769. The number of hydrogen-bond acceptors (Lipinski definition) is 4. The lowest BCUT2D eigenvalue weighted by molar-refractivity contribution is -0.145. The summed E-state index contributed by atoms with van der Waals surface area (Å²) in [5.41, 5.74) is -0.885. The van der Waals surface area contributed by atoms with Gasteiger partial charge in [0.05, 0.1) is 6.20 Å². The fourth-order valence-corrected chi connectivity index (χ4v) is 3.80. The summed E-state index contributed by atoms with van der Waals surface area (Å²) >= 11 is 1.05. The molecule has 7 heteroatoms. The number of nitrogens with zero attached hydrogens (tertiary/aromatic N) is 1. The average molecular weight is 348 g/mol. The number of nitrogens with one attached hydrogen (secondary N) is 1. The van der Waals surface area contributed by atoms with Gasteiger partial charge in [-0.25, -0.2) is 14.2 Å². The Kier molecular flexibility index (Phi) is 4.62. The Labute approximate surface area is 142 Å². The normalized spacial score (nSPS) is 16.5. The Hall–Kier alpha value is -2.28. The average Bonchev–Trinajstić information content (AvgIpc) is 3.06. The van der Waals surface area contributed by atoms with Crippen molar-refractivity contribution in [1.29, 1.82) is 0 Å². The van der Waals surface area contributed by atoms with Gasteiger partial charge >= 0.3 is 5.97 Å². The number of hydrogen-bond donors (Lipinski definition) is 2. The molecule has 1 aromatic carbocycles. The molecule has 0 bridgehead atoms. The highest BCUT2D eigenvalue weighted by atomic mass is 32.1. The van der Waals surface area contributed by atoms with Crippen molar-refractivity contribution >= 4 is 23.2 Å². The van der Waals surface area contributed by atoms with E-state index >= 15 is 0 Å². The Morgan fingerprint density at radius 3 is 2.58 bits per heavy atom. The largest absolute Gasteiger partial charge is 0.480 e. The zero-order valence-electron chi connectivity index (χ0n) is 12.9. The lowest BCUT2D eigenvalue weighted by Gasteiger charge is -2.33. The summed E-state index contributed by atoms with van der Waals surface area (Å²) in [5, 5.41) is 12.6. The van der Waals surface area contributed by atoms with E-state index in [1.807, 2.05) is 0 Å². The van der Waals surface area contributed by atoms with Crippen LogP contribution in [0, 0.1) is 5.82 Å². The molecule has 1 saturated carbocycles. The third kappa shape index (κ3) is 3.17. The van der Waals surface area contributed by atoms with Crippen LogP contribution in [0.25, 0.3) is 10.6 Å². The molecular formula is C17H17FN2O3S. The molecule has 0 radical (unpaired) electrons. The molecular weight excluding hydrogens is 331 g/mol. The minimum Gasteiger partial charge on any atom is -0.480 e. The molecule has 5 nitrogen and oxygen atoms in total. The summed E-state index contributed by atoms with van der Waals surface area (Å²) in [5.74, 6) is -1.89. The van der Waals surface area contributed by atoms with E-state index in [1.165, 1.54) is 12.3 Å². The molecule has 1 heterocycles. The number of thiazole rings is 1. The van der Waals surface area contributed by atoms with Gasteiger partial charge in [0, 0.05) is 5.56 Å². The highest BCUT2D eigenvalue weighted by Gasteiger charge is 2.41. The molecule has 1 aromatic heterocycles. The summed E-state index contributed by atoms with van der Waals surface area (Å²) in [7, 11) is 0. The van der Waals surface area contributed by atoms with E-state index in [0.717, 1.165) is 30.6 Å². The zero-order chi connectivity index (χ0) is 17.2. The minimum absolute atomic E-state index is 0.277. The number of carbonyl (C=O) groups excluding carboxylic acids is 1. The summed E-state index contributed by atoms with van der Waals surface area (Å²) in [6.07, 6.45) is 4.73. The maximum absolute atomic E-state index is 13.8. The highest BCUT2D eigenvalue weighted by Crippen LogP contribution is 2.31. The van der Waals surface area contributed by atoms with E-state index in [4.69, 9.17) is 0 Å². The van der Waals surface area contributed by atoms with Crippen LogP contribution in [0.4, 0.5) is 4.39 Å². The van der Waals surface area contributed by atoms with Crippen LogP contribution in [-0.4, -0.2) is 27.5 Å². The first-order chi connectivity index (χ1) is 11.5. The van der Waals surface area contributed by atoms with Crippen molar-refractivity contribution in [2.45, 2.75) is 37.6 Å². The van der Waals surface area contributed by atoms with Crippen LogP contribution in [0.1, 0.15) is 41.8 Å². The number of carboxylic acids is 1. The second kappa shape index (κ2) is 6.68. The SMILES string of the molecule is O=C(NC1(C(=O)O)CCCCC1)c1cnc(-c2ccccc2F)s1. The van der Waals surface area contributed by atoms with Gasteiger partial charge < -0.3 is 10.4 Å². The van der Waals surface area contributed by atoms with E-state index in [2.05, 4.69) is 10.3 Å². The summed E-state index contributed by atoms with van der Waals surface area (Å²) in [6, 6.07) is 6.20. The van der Waals surface area contributed by atoms with E-state index in [9.17, 15) is 19.1 Å². The molecule has 0 unspecified atom stereocenters. The monoisotopic (exact) mass is 348 g/mol. The molecule has 0 atom stereocenters. The molecule has 0 spiro atoms. The molecule has 3 rings (SSSR count). The number of benzene rings is 1. The fraction of sp³-hybridized carbons (Fsp3) is 0.353. The lowest BCUT2D eigenvalue weighted by Crippen LogP contribution is -2.55. The Morgan fingerprint density at radius 2 is 1.92 bits per heavy atom. The summed E-state index contributed by atoms with van der Waals surface area (Å²) in [6.45, 7) is 0. The topological polar surface area (TPSA) is 79.3 Å². The van der Waals surface area contributed by atoms with E-state index < -0.39 is 23.2 Å². The smallest absolute Gasteiger partial charge is 0.329 e. The maximum Gasteiger partial charge on any atom is 0.329 e. The minimum atomic E-state index is -1.21. The van der Waals surface area contributed by atoms with Crippen molar-refractivity contribution in [3.8, 4) is 10.6 Å². The third-order valence-electron chi connectivity index (χ3n) is 4.30. The molecule has 1 aliphatic carbocycles. The van der Waals surface area contributed by atoms with Gasteiger partial charge in [0.25, 0.3) is 5.91 Å². The number of aliphatic carboxylic acids is 1. The van der Waals surface area contributed by atoms with Crippen LogP contribution in [0.15, 0.2) is 30.5 Å². The Morgan fingerprint density at radius 1 is 1.21 bits per heavy atom. The number of amides is 1. The number of aromatic nitrogens is 1. The van der Waals surface area contributed by atoms with Crippen LogP contribution in [0.2, 0.25) is 0 Å². The molecule has 2 N–H and O–H groups in total. The molecule has 24 heavy (non-hydrogen) atoms. The predicted octanol–water partition coefficient (Wildman–Crippen LogP) is 3.47. The quantitative estimate of drug-likeness (QED) is 0.887. The van der Waals surface area contributed by atoms with Crippen LogP contribution >= 0.6 is 11.3 Å². The second-order valence-corrected chi connectivity index (χ2v) is 6.94. The van der Waals surface area contributed by atoms with Crippen LogP contribution in [-0.2, 0) is 4.79 Å². The molecule has 0 aliphatic heterocycles. The van der Waals surface area contributed by atoms with Crippen LogP contribution in [0.3, 0.4) is 0 Å². The van der Waals surface area contributed by atoms with Gasteiger partial charge in [-0.05, 0) is 25.0 Å². The van der Waals surface area contributed by atoms with Crippen molar-refractivity contribution in [2.75, 3.05) is 0 Å². The van der Waals surface area contributed by atoms with Gasteiger partial charge in [-0.1, -0.05) is 31.4 Å². The first-order valence-electron chi connectivity index (χ1n) is 7.78. The van der Waals surface area contributed by atoms with E-state index in [-0.39, 0.29) is 4.88 Å². The second-order valence-electron chi connectivity index (χ2n) is 5.91. The molecule has 1 fully saturated rings. The van der Waals surface area contributed by atoms with Crippen molar-refractivity contribution in [3.05, 3.63) is 41.2 Å². The van der Waals surface area contributed by atoms with Crippen molar-refractivity contribution in [1.82, 2.24) is 10.3 Å². The third-order valence-corrected chi connectivity index (χ3v) is 5.33. The zero-order valence-corrected chi connectivity index (χ0v) is 13.7. The fourth-order valence-electron chi connectivity index (χ4n) is 2.96. The van der Waals surface area contributed by atoms with Gasteiger partial charge in [-0.15, -0.1) is 11.3 Å². The molecule has 1 amide bonds. The van der Waals surface area contributed by atoms with Crippen molar-refractivity contribution in [2.24, 2.45) is 0 Å². The number of carboxylic acid groups (broad SMARTS) is 1. The first kappa shape index (κ1) is 16.6. The molecule has 0 saturated heterocycles. The van der Waals surface area contributed by atoms with Gasteiger partial charge in [-0.2, -0.15) is 0 Å².